The van der Waals surface area contributed by atoms with Crippen molar-refractivity contribution >= 4 is 0 Å². The third kappa shape index (κ3) is 7.74. The second kappa shape index (κ2) is 12.4. The van der Waals surface area contributed by atoms with Gasteiger partial charge in [-0.1, -0.05) is 67.1 Å². The summed E-state index contributed by atoms with van der Waals surface area (Å²) in [4.78, 5) is 25.5. The summed E-state index contributed by atoms with van der Waals surface area (Å²) in [7, 11) is 0. The molecule has 0 radical (unpaired) electrons. The molecule has 2 heterocycles. The van der Waals surface area contributed by atoms with Crippen LogP contribution in [-0.2, 0) is 19.8 Å². The quantitative estimate of drug-likeness (QED) is 0.385. The highest BCUT2D eigenvalue weighted by Gasteiger charge is 2.18. The summed E-state index contributed by atoms with van der Waals surface area (Å²) >= 11 is 0. The number of aromatic nitrogens is 2. The third-order valence-corrected chi connectivity index (χ3v) is 5.89. The predicted octanol–water partition coefficient (Wildman–Crippen LogP) is 5.18. The van der Waals surface area contributed by atoms with Gasteiger partial charge < -0.3 is 19.0 Å². The van der Waals surface area contributed by atoms with E-state index in [1.54, 1.807) is 22.9 Å². The number of nitrogens with one attached hydrogen (secondary N) is 1. The van der Waals surface area contributed by atoms with Gasteiger partial charge in [-0.25, -0.2) is 0 Å². The summed E-state index contributed by atoms with van der Waals surface area (Å²) < 4.78 is 12.9. The van der Waals surface area contributed by atoms with Crippen LogP contribution < -0.4 is 20.6 Å². The molecule has 1 fully saturated rings. The Morgan fingerprint density at radius 2 is 1.37 bits per heavy atom. The van der Waals surface area contributed by atoms with Crippen LogP contribution in [0, 0.1) is 5.92 Å². The van der Waals surface area contributed by atoms with Gasteiger partial charge in [0.1, 0.15) is 24.7 Å². The highest BCUT2D eigenvalue weighted by molar-refractivity contribution is 5.21. The average Bonchev–Trinajstić information content (AvgIpc) is 2.86. The van der Waals surface area contributed by atoms with Crippen LogP contribution in [0.25, 0.3) is 0 Å². The smallest absolute Gasteiger partial charge is 0.254 e. The van der Waals surface area contributed by atoms with Crippen molar-refractivity contribution in [2.75, 3.05) is 0 Å². The molecule has 0 spiro atoms. The minimum Gasteiger partial charge on any atom is -0.489 e. The molecule has 0 aliphatic heterocycles. The van der Waals surface area contributed by atoms with Gasteiger partial charge in [0.25, 0.3) is 11.1 Å². The first-order chi connectivity index (χ1) is 17.2. The van der Waals surface area contributed by atoms with E-state index in [1.165, 1.54) is 25.3 Å². The lowest BCUT2D eigenvalue weighted by Gasteiger charge is -2.25. The number of hydrogen-bond donors (Lipinski definition) is 1. The highest BCUT2D eigenvalue weighted by Crippen LogP contribution is 2.27. The number of ether oxygens (including phenoxy) is 2. The Morgan fingerprint density at radius 3 is 1.89 bits per heavy atom. The Labute approximate surface area is 204 Å². The SMILES string of the molecule is O=c1cc(OCc2ccccc2)cc[nH]1.O=c1cc(OCc2ccccc2)ccn1CC1CCC1. The predicted molar refractivity (Wildman–Crippen MR) is 137 cm³/mol. The Kier molecular flexibility index (Phi) is 8.54. The maximum atomic E-state index is 12.0. The first kappa shape index (κ1) is 24.1. The fourth-order valence-electron chi connectivity index (χ4n) is 3.68. The van der Waals surface area contributed by atoms with Gasteiger partial charge in [-0.3, -0.25) is 9.59 Å². The van der Waals surface area contributed by atoms with Crippen LogP contribution >= 0.6 is 0 Å². The molecule has 0 bridgehead atoms. The van der Waals surface area contributed by atoms with E-state index in [2.05, 4.69) is 4.98 Å². The van der Waals surface area contributed by atoms with Crippen molar-refractivity contribution in [3.63, 3.8) is 0 Å². The van der Waals surface area contributed by atoms with Crippen molar-refractivity contribution in [2.45, 2.75) is 39.0 Å². The van der Waals surface area contributed by atoms with Crippen molar-refractivity contribution in [1.29, 1.82) is 0 Å². The van der Waals surface area contributed by atoms with Crippen LogP contribution in [0.2, 0.25) is 0 Å². The Balaban J connectivity index is 0.000000172. The van der Waals surface area contributed by atoms with Gasteiger partial charge in [-0.15, -0.1) is 0 Å². The lowest BCUT2D eigenvalue weighted by Crippen LogP contribution is -2.26. The van der Waals surface area contributed by atoms with Crippen molar-refractivity contribution < 1.29 is 9.47 Å². The van der Waals surface area contributed by atoms with E-state index in [4.69, 9.17) is 9.47 Å². The van der Waals surface area contributed by atoms with Gasteiger partial charge in [0.2, 0.25) is 0 Å². The summed E-state index contributed by atoms with van der Waals surface area (Å²) in [6.45, 7) is 1.81. The second-order valence-corrected chi connectivity index (χ2v) is 8.59. The van der Waals surface area contributed by atoms with Gasteiger partial charge >= 0.3 is 0 Å². The molecule has 1 aliphatic rings. The van der Waals surface area contributed by atoms with Crippen LogP contribution in [0.4, 0.5) is 0 Å². The molecule has 0 unspecified atom stereocenters. The molecule has 0 atom stereocenters. The minimum absolute atomic E-state index is 0.0301. The van der Waals surface area contributed by atoms with Crippen molar-refractivity contribution in [3.05, 3.63) is 129 Å². The standard InChI is InChI=1S/C17H19NO2.C12H11NO2/c19-17-11-16(20-13-15-5-2-1-3-6-15)9-10-18(17)12-14-7-4-8-14;14-12-8-11(6-7-13-12)15-9-10-4-2-1-3-5-10/h1-3,5-6,9-11,14H,4,7-8,12-13H2;1-8H,9H2,(H,13,14). The Bertz CT molecular complexity index is 1300. The van der Waals surface area contributed by atoms with E-state index in [-0.39, 0.29) is 11.1 Å². The normalized spacial score (nSPS) is 12.7. The van der Waals surface area contributed by atoms with E-state index < -0.39 is 0 Å². The maximum Gasteiger partial charge on any atom is 0.254 e. The van der Waals surface area contributed by atoms with E-state index in [1.807, 2.05) is 72.9 Å². The largest absolute Gasteiger partial charge is 0.489 e. The molecule has 5 rings (SSSR count). The lowest BCUT2D eigenvalue weighted by molar-refractivity contribution is 0.271. The molecular formula is C29H30N2O4. The third-order valence-electron chi connectivity index (χ3n) is 5.89. The first-order valence-electron chi connectivity index (χ1n) is 11.9. The van der Waals surface area contributed by atoms with Crippen molar-refractivity contribution in [3.8, 4) is 11.5 Å². The molecule has 35 heavy (non-hydrogen) atoms. The average molecular weight is 471 g/mol. The van der Waals surface area contributed by atoms with Crippen LogP contribution in [-0.4, -0.2) is 9.55 Å². The van der Waals surface area contributed by atoms with Gasteiger partial charge in [-0.2, -0.15) is 0 Å². The van der Waals surface area contributed by atoms with E-state index >= 15 is 0 Å². The Morgan fingerprint density at radius 1 is 0.771 bits per heavy atom. The van der Waals surface area contributed by atoms with E-state index in [0.29, 0.717) is 30.6 Å². The number of benzene rings is 2. The van der Waals surface area contributed by atoms with E-state index in [9.17, 15) is 9.59 Å². The van der Waals surface area contributed by atoms with Crippen molar-refractivity contribution in [1.82, 2.24) is 9.55 Å². The van der Waals surface area contributed by atoms with Gasteiger partial charge in [0, 0.05) is 31.1 Å². The van der Waals surface area contributed by atoms with Crippen LogP contribution in [0.3, 0.4) is 0 Å². The molecule has 2 aromatic carbocycles. The zero-order chi connectivity index (χ0) is 24.3. The molecule has 4 aromatic rings. The number of hydrogen-bond acceptors (Lipinski definition) is 4. The number of aromatic amines is 1. The molecule has 6 heteroatoms. The number of nitrogens with zero attached hydrogens (tertiary/aromatic N) is 1. The molecule has 180 valence electrons. The van der Waals surface area contributed by atoms with Crippen LogP contribution in [0.5, 0.6) is 11.5 Å². The summed E-state index contributed by atoms with van der Waals surface area (Å²) in [6, 6.07) is 26.4. The number of rotatable bonds is 8. The summed E-state index contributed by atoms with van der Waals surface area (Å²) in [5.74, 6) is 1.91. The van der Waals surface area contributed by atoms with Crippen LogP contribution in [0.15, 0.2) is 107 Å². The molecule has 1 saturated carbocycles. The zero-order valence-electron chi connectivity index (χ0n) is 19.6. The monoisotopic (exact) mass is 470 g/mol. The highest BCUT2D eigenvalue weighted by atomic mass is 16.5. The second-order valence-electron chi connectivity index (χ2n) is 8.59. The van der Waals surface area contributed by atoms with Gasteiger partial charge in [0.05, 0.1) is 0 Å². The van der Waals surface area contributed by atoms with E-state index in [0.717, 1.165) is 17.7 Å². The molecular weight excluding hydrogens is 440 g/mol. The summed E-state index contributed by atoms with van der Waals surface area (Å²) in [5.41, 5.74) is 2.06. The summed E-state index contributed by atoms with van der Waals surface area (Å²) in [5, 5.41) is 0. The van der Waals surface area contributed by atoms with Crippen molar-refractivity contribution in [2.24, 2.45) is 5.92 Å². The molecule has 1 N–H and O–H groups in total. The number of pyridine rings is 2. The molecule has 0 saturated heterocycles. The first-order valence-corrected chi connectivity index (χ1v) is 11.9. The minimum atomic E-state index is -0.152. The zero-order valence-corrected chi connectivity index (χ0v) is 19.6. The molecule has 2 aromatic heterocycles. The topological polar surface area (TPSA) is 73.3 Å². The fraction of sp³-hybridized carbons (Fsp3) is 0.241. The van der Waals surface area contributed by atoms with Gasteiger partial charge in [-0.05, 0) is 42.0 Å². The fourth-order valence-corrected chi connectivity index (χ4v) is 3.68. The summed E-state index contributed by atoms with van der Waals surface area (Å²) in [6.07, 6.45) is 7.22. The van der Waals surface area contributed by atoms with Crippen LogP contribution in [0.1, 0.15) is 30.4 Å². The molecule has 6 nitrogen and oxygen atoms in total. The lowest BCUT2D eigenvalue weighted by atomic mass is 9.85. The maximum absolute atomic E-state index is 12.0. The Hall–Kier alpha value is -4.06. The van der Waals surface area contributed by atoms with Gasteiger partial charge in [0.15, 0.2) is 0 Å². The molecule has 0 amide bonds. The molecule has 1 aliphatic carbocycles. The number of H-pyrrole nitrogens is 1.